The van der Waals surface area contributed by atoms with Crippen LogP contribution in [0, 0.1) is 5.82 Å². The van der Waals surface area contributed by atoms with Crippen LogP contribution in [-0.2, 0) is 13.2 Å². The molecule has 1 aromatic heterocycles. The molecule has 0 aliphatic rings. The van der Waals surface area contributed by atoms with Crippen molar-refractivity contribution in [2.75, 3.05) is 7.05 Å². The molecule has 0 saturated carbocycles. The zero-order valence-electron chi connectivity index (χ0n) is 9.57. The molecule has 0 aliphatic carbocycles. The lowest BCUT2D eigenvalue weighted by atomic mass is 10.2. The lowest BCUT2D eigenvalue weighted by Gasteiger charge is -2.10. The number of rotatable bonds is 5. The molecular formula is C13H14FNOS. The zero-order chi connectivity index (χ0) is 12.1. The minimum Gasteiger partial charge on any atom is -0.488 e. The molecule has 2 nitrogen and oxygen atoms in total. The molecule has 4 heteroatoms. The van der Waals surface area contributed by atoms with E-state index < -0.39 is 0 Å². The minimum atomic E-state index is -0.237. The molecule has 0 saturated heterocycles. The molecule has 1 heterocycles. The van der Waals surface area contributed by atoms with Gasteiger partial charge in [0.2, 0.25) is 0 Å². The molecule has 0 unspecified atom stereocenters. The number of thiophene rings is 1. The highest BCUT2D eigenvalue weighted by molar-refractivity contribution is 7.09. The van der Waals surface area contributed by atoms with Gasteiger partial charge in [-0.2, -0.15) is 0 Å². The largest absolute Gasteiger partial charge is 0.488 e. The summed E-state index contributed by atoms with van der Waals surface area (Å²) in [5.41, 5.74) is 0.837. The van der Waals surface area contributed by atoms with E-state index in [1.807, 2.05) is 24.6 Å². The van der Waals surface area contributed by atoms with E-state index in [1.54, 1.807) is 17.4 Å². The monoisotopic (exact) mass is 251 g/mol. The van der Waals surface area contributed by atoms with Crippen LogP contribution < -0.4 is 10.1 Å². The molecule has 0 amide bonds. The van der Waals surface area contributed by atoms with Crippen molar-refractivity contribution in [1.29, 1.82) is 0 Å². The standard InChI is InChI=1S/C13H14FNOS/c1-15-8-10-7-11(14)4-5-13(10)16-9-12-3-2-6-17-12/h2-7,15H,8-9H2,1H3. The van der Waals surface area contributed by atoms with Crippen LogP contribution in [-0.4, -0.2) is 7.05 Å². The first kappa shape index (κ1) is 12.1. The number of hydrogen-bond acceptors (Lipinski definition) is 3. The van der Waals surface area contributed by atoms with E-state index in [4.69, 9.17) is 4.74 Å². The molecule has 0 fully saturated rings. The predicted molar refractivity (Wildman–Crippen MR) is 67.8 cm³/mol. The van der Waals surface area contributed by atoms with Crippen LogP contribution in [0.2, 0.25) is 0 Å². The summed E-state index contributed by atoms with van der Waals surface area (Å²) < 4.78 is 18.8. The highest BCUT2D eigenvalue weighted by atomic mass is 32.1. The fourth-order valence-corrected chi connectivity index (χ4v) is 2.18. The third kappa shape index (κ3) is 3.28. The topological polar surface area (TPSA) is 21.3 Å². The second-order valence-corrected chi connectivity index (χ2v) is 4.68. The van der Waals surface area contributed by atoms with E-state index in [2.05, 4.69) is 5.32 Å². The maximum atomic E-state index is 13.1. The van der Waals surface area contributed by atoms with Gasteiger partial charge < -0.3 is 10.1 Å². The van der Waals surface area contributed by atoms with E-state index in [1.165, 1.54) is 12.1 Å². The average Bonchev–Trinajstić information content (AvgIpc) is 2.81. The van der Waals surface area contributed by atoms with Gasteiger partial charge in [-0.1, -0.05) is 6.07 Å². The summed E-state index contributed by atoms with van der Waals surface area (Å²) in [6.45, 7) is 1.12. The Bertz CT molecular complexity index is 470. The van der Waals surface area contributed by atoms with Crippen molar-refractivity contribution >= 4 is 11.3 Å². The van der Waals surface area contributed by atoms with E-state index in [9.17, 15) is 4.39 Å². The smallest absolute Gasteiger partial charge is 0.124 e. The van der Waals surface area contributed by atoms with Gasteiger partial charge in [-0.15, -0.1) is 11.3 Å². The predicted octanol–water partition coefficient (Wildman–Crippen LogP) is 3.19. The second-order valence-electron chi connectivity index (χ2n) is 3.65. The van der Waals surface area contributed by atoms with Crippen molar-refractivity contribution in [3.05, 3.63) is 52.0 Å². The van der Waals surface area contributed by atoms with Crippen LogP contribution in [0.4, 0.5) is 4.39 Å². The molecule has 1 N–H and O–H groups in total. The summed E-state index contributed by atoms with van der Waals surface area (Å²) in [5.74, 6) is 0.493. The van der Waals surface area contributed by atoms with Gasteiger partial charge in [-0.05, 0) is 36.7 Å². The molecule has 0 radical (unpaired) electrons. The molecule has 17 heavy (non-hydrogen) atoms. The van der Waals surface area contributed by atoms with Crippen molar-refractivity contribution in [2.45, 2.75) is 13.2 Å². The number of halogens is 1. The Balaban J connectivity index is 2.08. The van der Waals surface area contributed by atoms with E-state index in [0.29, 0.717) is 13.2 Å². The summed E-state index contributed by atoms with van der Waals surface area (Å²) >= 11 is 1.65. The van der Waals surface area contributed by atoms with E-state index in [0.717, 1.165) is 16.2 Å². The first-order chi connectivity index (χ1) is 8.29. The molecular weight excluding hydrogens is 237 g/mol. The molecule has 0 aliphatic heterocycles. The van der Waals surface area contributed by atoms with Crippen molar-refractivity contribution < 1.29 is 9.13 Å². The summed E-state index contributed by atoms with van der Waals surface area (Å²) in [6.07, 6.45) is 0. The maximum Gasteiger partial charge on any atom is 0.124 e. The molecule has 2 rings (SSSR count). The molecule has 0 spiro atoms. The van der Waals surface area contributed by atoms with Crippen LogP contribution in [0.5, 0.6) is 5.75 Å². The minimum absolute atomic E-state index is 0.237. The SMILES string of the molecule is CNCc1cc(F)ccc1OCc1cccs1. The highest BCUT2D eigenvalue weighted by Crippen LogP contribution is 2.21. The van der Waals surface area contributed by atoms with Gasteiger partial charge in [-0.3, -0.25) is 0 Å². The lowest BCUT2D eigenvalue weighted by Crippen LogP contribution is -2.07. The summed E-state index contributed by atoms with van der Waals surface area (Å²) in [5, 5.41) is 5.01. The highest BCUT2D eigenvalue weighted by Gasteiger charge is 2.05. The summed E-state index contributed by atoms with van der Waals surface area (Å²) in [7, 11) is 1.83. The number of hydrogen-bond donors (Lipinski definition) is 1. The quantitative estimate of drug-likeness (QED) is 0.881. The van der Waals surface area contributed by atoms with E-state index >= 15 is 0 Å². The van der Waals surface area contributed by atoms with Crippen molar-refractivity contribution in [3.63, 3.8) is 0 Å². The van der Waals surface area contributed by atoms with Crippen molar-refractivity contribution in [2.24, 2.45) is 0 Å². The van der Waals surface area contributed by atoms with Gasteiger partial charge in [0.1, 0.15) is 18.2 Å². The Kier molecular flexibility index (Phi) is 4.12. The second kappa shape index (κ2) is 5.80. The Hall–Kier alpha value is -1.39. The Morgan fingerprint density at radius 1 is 1.35 bits per heavy atom. The van der Waals surface area contributed by atoms with Crippen molar-refractivity contribution in [1.82, 2.24) is 5.32 Å². The summed E-state index contributed by atoms with van der Waals surface area (Å²) in [4.78, 5) is 1.16. The zero-order valence-corrected chi connectivity index (χ0v) is 10.4. The van der Waals surface area contributed by atoms with Gasteiger partial charge in [-0.25, -0.2) is 4.39 Å². The van der Waals surface area contributed by atoms with Gasteiger partial charge in [0.05, 0.1) is 0 Å². The maximum absolute atomic E-state index is 13.1. The Morgan fingerprint density at radius 3 is 2.94 bits per heavy atom. The Morgan fingerprint density at radius 2 is 2.24 bits per heavy atom. The third-order valence-corrected chi connectivity index (χ3v) is 3.19. The van der Waals surface area contributed by atoms with Crippen LogP contribution in [0.1, 0.15) is 10.4 Å². The average molecular weight is 251 g/mol. The number of nitrogens with one attached hydrogen (secondary N) is 1. The lowest BCUT2D eigenvalue weighted by molar-refractivity contribution is 0.305. The third-order valence-electron chi connectivity index (χ3n) is 2.34. The van der Waals surface area contributed by atoms with Gasteiger partial charge in [0.15, 0.2) is 0 Å². The van der Waals surface area contributed by atoms with Crippen LogP contribution >= 0.6 is 11.3 Å². The molecule has 0 atom stereocenters. The van der Waals surface area contributed by atoms with Crippen LogP contribution in [0.15, 0.2) is 35.7 Å². The Labute approximate surface area is 104 Å². The van der Waals surface area contributed by atoms with Crippen LogP contribution in [0.3, 0.4) is 0 Å². The van der Waals surface area contributed by atoms with Crippen molar-refractivity contribution in [3.8, 4) is 5.75 Å². The fraction of sp³-hybridized carbons (Fsp3) is 0.231. The summed E-state index contributed by atoms with van der Waals surface area (Å²) in [6, 6.07) is 8.60. The molecule has 2 aromatic rings. The number of ether oxygens (including phenoxy) is 1. The van der Waals surface area contributed by atoms with Gasteiger partial charge >= 0.3 is 0 Å². The molecule has 0 bridgehead atoms. The van der Waals surface area contributed by atoms with E-state index in [-0.39, 0.29) is 5.82 Å². The molecule has 90 valence electrons. The first-order valence-corrected chi connectivity index (χ1v) is 6.26. The first-order valence-electron chi connectivity index (χ1n) is 5.38. The van der Waals surface area contributed by atoms with Gasteiger partial charge in [0.25, 0.3) is 0 Å². The molecule has 1 aromatic carbocycles. The van der Waals surface area contributed by atoms with Crippen LogP contribution in [0.25, 0.3) is 0 Å². The van der Waals surface area contributed by atoms with Gasteiger partial charge in [0, 0.05) is 17.0 Å². The normalized spacial score (nSPS) is 10.5. The fourth-order valence-electron chi connectivity index (χ4n) is 1.56. The number of benzene rings is 1.